The summed E-state index contributed by atoms with van der Waals surface area (Å²) in [5.74, 6) is 0. The van der Waals surface area contributed by atoms with Crippen LogP contribution in [0.5, 0.6) is 0 Å². The van der Waals surface area contributed by atoms with Gasteiger partial charge in [-0.05, 0) is 45.1 Å². The summed E-state index contributed by atoms with van der Waals surface area (Å²) in [6, 6.07) is 0. The van der Waals surface area contributed by atoms with Gasteiger partial charge in [-0.3, -0.25) is 0 Å². The molecule has 19 heavy (non-hydrogen) atoms. The van der Waals surface area contributed by atoms with E-state index in [2.05, 4.69) is 40.3 Å². The number of rotatable bonds is 12. The number of hydrogen-bond acceptors (Lipinski definition) is 2. The number of ether oxygens (including phenoxy) is 2. The summed E-state index contributed by atoms with van der Waals surface area (Å²) < 4.78 is 11.6. The van der Waals surface area contributed by atoms with E-state index < -0.39 is 0 Å². The lowest BCUT2D eigenvalue weighted by atomic mass is 10.1. The predicted octanol–water partition coefficient (Wildman–Crippen LogP) is 5.25. The molecule has 2 nitrogen and oxygen atoms in total. The van der Waals surface area contributed by atoms with E-state index >= 15 is 0 Å². The Bertz CT molecular complexity index is 242. The van der Waals surface area contributed by atoms with E-state index in [1.165, 1.54) is 5.57 Å². The van der Waals surface area contributed by atoms with Crippen LogP contribution < -0.4 is 0 Å². The second-order valence-electron chi connectivity index (χ2n) is 5.26. The van der Waals surface area contributed by atoms with Gasteiger partial charge in [-0.15, -0.1) is 0 Å². The van der Waals surface area contributed by atoms with Gasteiger partial charge in [0.15, 0.2) is 6.29 Å². The highest BCUT2D eigenvalue weighted by Gasteiger charge is 2.12. The molecule has 0 aliphatic rings. The molecule has 0 atom stereocenters. The van der Waals surface area contributed by atoms with E-state index in [9.17, 15) is 0 Å². The third-order valence-corrected chi connectivity index (χ3v) is 2.89. The van der Waals surface area contributed by atoms with Crippen LogP contribution in [0.2, 0.25) is 0 Å². The first-order valence-electron chi connectivity index (χ1n) is 7.66. The Morgan fingerprint density at radius 3 is 2.00 bits per heavy atom. The summed E-state index contributed by atoms with van der Waals surface area (Å²) in [7, 11) is 0. The quantitative estimate of drug-likeness (QED) is 0.273. The van der Waals surface area contributed by atoms with Crippen LogP contribution in [-0.2, 0) is 9.47 Å². The third kappa shape index (κ3) is 11.0. The molecule has 0 spiro atoms. The fraction of sp³-hybridized carbons (Fsp3) is 0.765. The van der Waals surface area contributed by atoms with Gasteiger partial charge in [-0.1, -0.05) is 44.9 Å². The lowest BCUT2D eigenvalue weighted by Gasteiger charge is -2.20. The summed E-state index contributed by atoms with van der Waals surface area (Å²) >= 11 is 0. The topological polar surface area (TPSA) is 18.5 Å². The Balaban J connectivity index is 4.11. The van der Waals surface area contributed by atoms with Gasteiger partial charge >= 0.3 is 0 Å². The predicted molar refractivity (Wildman–Crippen MR) is 83.3 cm³/mol. The van der Waals surface area contributed by atoms with Crippen molar-refractivity contribution in [2.45, 2.75) is 72.5 Å². The summed E-state index contributed by atoms with van der Waals surface area (Å²) in [6.45, 7) is 14.2. The Kier molecular flexibility index (Phi) is 12.0. The molecule has 0 radical (unpaired) electrons. The van der Waals surface area contributed by atoms with Crippen LogP contribution in [0.3, 0.4) is 0 Å². The van der Waals surface area contributed by atoms with Gasteiger partial charge in [0.1, 0.15) is 0 Å². The first-order valence-corrected chi connectivity index (χ1v) is 7.66. The fourth-order valence-electron chi connectivity index (χ4n) is 1.62. The molecule has 0 fully saturated rings. The summed E-state index contributed by atoms with van der Waals surface area (Å²) in [5, 5.41) is 0. The van der Waals surface area contributed by atoms with Gasteiger partial charge in [-0.2, -0.15) is 0 Å². The maximum atomic E-state index is 5.81. The van der Waals surface area contributed by atoms with Gasteiger partial charge in [-0.25, -0.2) is 0 Å². The van der Waals surface area contributed by atoms with Crippen LogP contribution in [-0.4, -0.2) is 19.5 Å². The summed E-state index contributed by atoms with van der Waals surface area (Å²) in [5.41, 5.74) is 2.41. The summed E-state index contributed by atoms with van der Waals surface area (Å²) in [4.78, 5) is 0. The van der Waals surface area contributed by atoms with E-state index in [1.54, 1.807) is 0 Å². The molecular weight excluding hydrogens is 236 g/mol. The highest BCUT2D eigenvalue weighted by molar-refractivity contribution is 5.02. The molecule has 0 amide bonds. The SMILES string of the molecule is C=C(CCC=C(C)C)C(OCCCC)OCCCC. The molecule has 0 aliphatic carbocycles. The molecule has 0 unspecified atom stereocenters. The first kappa shape index (κ1) is 18.4. The molecular formula is C17H32O2. The lowest BCUT2D eigenvalue weighted by molar-refractivity contribution is -0.120. The highest BCUT2D eigenvalue weighted by atomic mass is 16.7. The first-order chi connectivity index (χ1) is 9.11. The zero-order valence-corrected chi connectivity index (χ0v) is 13.3. The van der Waals surface area contributed by atoms with Crippen molar-refractivity contribution in [2.75, 3.05) is 13.2 Å². The summed E-state index contributed by atoms with van der Waals surface area (Å²) in [6.07, 6.45) is 8.42. The molecule has 2 heteroatoms. The Hall–Kier alpha value is -0.600. The Morgan fingerprint density at radius 2 is 1.58 bits per heavy atom. The van der Waals surface area contributed by atoms with E-state index in [4.69, 9.17) is 9.47 Å². The molecule has 0 heterocycles. The van der Waals surface area contributed by atoms with Crippen molar-refractivity contribution >= 4 is 0 Å². The van der Waals surface area contributed by atoms with Gasteiger partial charge in [0, 0.05) is 0 Å². The van der Waals surface area contributed by atoms with E-state index in [-0.39, 0.29) is 6.29 Å². The lowest BCUT2D eigenvalue weighted by Crippen LogP contribution is -2.21. The molecule has 0 aromatic carbocycles. The smallest absolute Gasteiger partial charge is 0.179 e. The van der Waals surface area contributed by atoms with Crippen molar-refractivity contribution in [3.05, 3.63) is 23.8 Å². The zero-order valence-electron chi connectivity index (χ0n) is 13.3. The average Bonchev–Trinajstić information content (AvgIpc) is 2.36. The van der Waals surface area contributed by atoms with Crippen molar-refractivity contribution in [2.24, 2.45) is 0 Å². The third-order valence-electron chi connectivity index (χ3n) is 2.89. The maximum Gasteiger partial charge on any atom is 0.179 e. The second-order valence-corrected chi connectivity index (χ2v) is 5.26. The fourth-order valence-corrected chi connectivity index (χ4v) is 1.62. The minimum absolute atomic E-state index is 0.219. The van der Waals surface area contributed by atoms with E-state index in [1.807, 2.05) is 0 Å². The second kappa shape index (κ2) is 12.4. The molecule has 0 aromatic heterocycles. The Labute approximate surface area is 119 Å². The maximum absolute atomic E-state index is 5.81. The van der Waals surface area contributed by atoms with Crippen LogP contribution in [0.25, 0.3) is 0 Å². The molecule has 0 saturated heterocycles. The number of unbranched alkanes of at least 4 members (excludes halogenated alkanes) is 2. The molecule has 0 N–H and O–H groups in total. The van der Waals surface area contributed by atoms with Crippen molar-refractivity contribution in [1.29, 1.82) is 0 Å². The molecule has 112 valence electrons. The van der Waals surface area contributed by atoms with Crippen molar-refractivity contribution < 1.29 is 9.47 Å². The molecule has 0 bridgehead atoms. The van der Waals surface area contributed by atoms with Crippen LogP contribution >= 0.6 is 0 Å². The largest absolute Gasteiger partial charge is 0.349 e. The van der Waals surface area contributed by atoms with Crippen molar-refractivity contribution in [1.82, 2.24) is 0 Å². The van der Waals surface area contributed by atoms with E-state index in [0.717, 1.165) is 57.3 Å². The van der Waals surface area contributed by atoms with Crippen LogP contribution in [0.4, 0.5) is 0 Å². The molecule has 0 aliphatic heterocycles. The van der Waals surface area contributed by atoms with Gasteiger partial charge in [0.2, 0.25) is 0 Å². The van der Waals surface area contributed by atoms with Gasteiger partial charge in [0.05, 0.1) is 13.2 Å². The monoisotopic (exact) mass is 268 g/mol. The van der Waals surface area contributed by atoms with Crippen molar-refractivity contribution in [3.8, 4) is 0 Å². The van der Waals surface area contributed by atoms with Gasteiger partial charge < -0.3 is 9.47 Å². The minimum atomic E-state index is -0.219. The molecule has 0 aromatic rings. The minimum Gasteiger partial charge on any atom is -0.349 e. The Morgan fingerprint density at radius 1 is 1.05 bits per heavy atom. The van der Waals surface area contributed by atoms with Crippen LogP contribution in [0.1, 0.15) is 66.2 Å². The molecule has 0 rings (SSSR count). The van der Waals surface area contributed by atoms with Crippen LogP contribution in [0.15, 0.2) is 23.8 Å². The van der Waals surface area contributed by atoms with E-state index in [0.29, 0.717) is 0 Å². The number of allylic oxidation sites excluding steroid dienone is 2. The van der Waals surface area contributed by atoms with Gasteiger partial charge in [0.25, 0.3) is 0 Å². The average molecular weight is 268 g/mol. The zero-order chi connectivity index (χ0) is 14.5. The standard InChI is InChI=1S/C17H32O2/c1-6-8-13-18-17(19-14-9-7-2)16(5)12-10-11-15(3)4/h11,17H,5-10,12-14H2,1-4H3. The molecule has 0 saturated carbocycles. The van der Waals surface area contributed by atoms with Crippen LogP contribution in [0, 0.1) is 0 Å². The number of hydrogen-bond donors (Lipinski definition) is 0. The highest BCUT2D eigenvalue weighted by Crippen LogP contribution is 2.15. The normalized spacial score (nSPS) is 10.8. The van der Waals surface area contributed by atoms with Crippen molar-refractivity contribution in [3.63, 3.8) is 0 Å².